The van der Waals surface area contributed by atoms with Gasteiger partial charge in [0, 0.05) is 16.7 Å². The molecule has 1 aromatic heterocycles. The van der Waals surface area contributed by atoms with E-state index in [0.29, 0.717) is 5.92 Å². The first-order valence-corrected chi connectivity index (χ1v) is 10.3. The van der Waals surface area contributed by atoms with Crippen LogP contribution >= 0.6 is 11.3 Å². The fourth-order valence-corrected chi connectivity index (χ4v) is 4.25. The van der Waals surface area contributed by atoms with Gasteiger partial charge < -0.3 is 5.32 Å². The minimum atomic E-state index is 0.0570. The molecular weight excluding hydrogens is 326 g/mol. The van der Waals surface area contributed by atoms with Crippen LogP contribution in [0.3, 0.4) is 0 Å². The molecule has 0 fully saturated rings. The number of rotatable bonds is 10. The minimum absolute atomic E-state index is 0.0570. The second-order valence-electron chi connectivity index (χ2n) is 7.23. The Morgan fingerprint density at radius 3 is 2.40 bits per heavy atom. The number of hydrogen-bond acceptors (Lipinski definition) is 2. The van der Waals surface area contributed by atoms with Crippen LogP contribution in [0.4, 0.5) is 0 Å². The Morgan fingerprint density at radius 2 is 1.72 bits per heavy atom. The molecule has 1 aromatic carbocycles. The third-order valence-electron chi connectivity index (χ3n) is 4.34. The Labute approximate surface area is 156 Å². The molecule has 136 valence electrons. The van der Waals surface area contributed by atoms with Crippen LogP contribution in [-0.4, -0.2) is 5.91 Å². The van der Waals surface area contributed by atoms with Crippen LogP contribution in [0.2, 0.25) is 0 Å². The van der Waals surface area contributed by atoms with Gasteiger partial charge in [-0.2, -0.15) is 0 Å². The van der Waals surface area contributed by atoms with Crippen LogP contribution < -0.4 is 5.32 Å². The molecule has 1 unspecified atom stereocenters. The smallest absolute Gasteiger partial charge is 0.217 e. The fraction of sp³-hybridized carbons (Fsp3) is 0.500. The lowest BCUT2D eigenvalue weighted by Gasteiger charge is -2.18. The first-order chi connectivity index (χ1) is 12.0. The molecule has 1 atom stereocenters. The highest BCUT2D eigenvalue weighted by Gasteiger charge is 2.16. The number of benzene rings is 1. The van der Waals surface area contributed by atoms with Crippen LogP contribution in [0, 0.1) is 5.92 Å². The van der Waals surface area contributed by atoms with Crippen molar-refractivity contribution < 1.29 is 4.79 Å². The van der Waals surface area contributed by atoms with Crippen molar-refractivity contribution in [1.82, 2.24) is 5.32 Å². The van der Waals surface area contributed by atoms with Gasteiger partial charge in [0.25, 0.3) is 0 Å². The molecule has 1 heterocycles. The van der Waals surface area contributed by atoms with Gasteiger partial charge in [0.15, 0.2) is 0 Å². The normalized spacial score (nSPS) is 12.3. The Kier molecular flexibility index (Phi) is 8.20. The Bertz CT molecular complexity index is 632. The van der Waals surface area contributed by atoms with E-state index >= 15 is 0 Å². The number of hydrogen-bond donors (Lipinski definition) is 1. The van der Waals surface area contributed by atoms with Gasteiger partial charge in [-0.15, -0.1) is 11.3 Å². The van der Waals surface area contributed by atoms with Gasteiger partial charge in [-0.3, -0.25) is 4.79 Å². The Morgan fingerprint density at radius 1 is 1.00 bits per heavy atom. The van der Waals surface area contributed by atoms with E-state index in [0.717, 1.165) is 12.8 Å². The molecule has 0 aliphatic carbocycles. The number of carbonyl (C=O) groups is 1. The summed E-state index contributed by atoms with van der Waals surface area (Å²) in [4.78, 5) is 14.2. The number of nitrogens with one attached hydrogen (secondary N) is 1. The van der Waals surface area contributed by atoms with Gasteiger partial charge in [0.2, 0.25) is 5.91 Å². The first kappa shape index (κ1) is 19.7. The summed E-state index contributed by atoms with van der Waals surface area (Å²) in [6.45, 7) is 6.01. The van der Waals surface area contributed by atoms with E-state index in [2.05, 4.69) is 61.6 Å². The number of carbonyl (C=O) groups excluding carboxylic acids is 1. The maximum Gasteiger partial charge on any atom is 0.217 e. The average molecular weight is 358 g/mol. The summed E-state index contributed by atoms with van der Waals surface area (Å²) in [5.74, 6) is 0.627. The van der Waals surface area contributed by atoms with E-state index < -0.39 is 0 Å². The molecule has 0 saturated carbocycles. The summed E-state index contributed by atoms with van der Waals surface area (Å²) in [5.41, 5.74) is 1.44. The monoisotopic (exact) mass is 357 g/mol. The topological polar surface area (TPSA) is 29.1 Å². The zero-order valence-corrected chi connectivity index (χ0v) is 16.6. The third kappa shape index (κ3) is 7.43. The molecule has 25 heavy (non-hydrogen) atoms. The van der Waals surface area contributed by atoms with E-state index in [9.17, 15) is 4.79 Å². The largest absolute Gasteiger partial charge is 0.349 e. The molecule has 0 spiro atoms. The number of thiophene rings is 1. The minimum Gasteiger partial charge on any atom is -0.349 e. The summed E-state index contributed by atoms with van der Waals surface area (Å²) in [6.07, 6.45) is 7.08. The van der Waals surface area contributed by atoms with Crippen LogP contribution in [-0.2, 0) is 17.6 Å². The van der Waals surface area contributed by atoms with Crippen LogP contribution in [0.15, 0.2) is 42.5 Å². The molecular formula is C22H31NOS. The quantitative estimate of drug-likeness (QED) is 0.525. The second-order valence-corrected chi connectivity index (χ2v) is 8.43. The van der Waals surface area contributed by atoms with Crippen molar-refractivity contribution in [2.45, 2.75) is 65.3 Å². The van der Waals surface area contributed by atoms with E-state index in [1.807, 2.05) is 11.3 Å². The molecule has 2 nitrogen and oxygen atoms in total. The highest BCUT2D eigenvalue weighted by Crippen LogP contribution is 2.29. The first-order valence-electron chi connectivity index (χ1n) is 9.44. The van der Waals surface area contributed by atoms with Crippen molar-refractivity contribution in [2.24, 2.45) is 5.92 Å². The number of aryl methyl sites for hydroxylation is 2. The van der Waals surface area contributed by atoms with Gasteiger partial charge in [-0.05, 0) is 55.7 Å². The van der Waals surface area contributed by atoms with E-state index in [-0.39, 0.29) is 11.9 Å². The van der Waals surface area contributed by atoms with Crippen molar-refractivity contribution in [3.63, 3.8) is 0 Å². The summed E-state index contributed by atoms with van der Waals surface area (Å²) in [5, 5.41) is 3.11. The van der Waals surface area contributed by atoms with Gasteiger partial charge in [0.1, 0.15) is 0 Å². The zero-order valence-electron chi connectivity index (χ0n) is 15.8. The third-order valence-corrected chi connectivity index (χ3v) is 5.60. The summed E-state index contributed by atoms with van der Waals surface area (Å²) < 4.78 is 0. The van der Waals surface area contributed by atoms with Gasteiger partial charge in [-0.25, -0.2) is 0 Å². The molecule has 3 heteroatoms. The zero-order chi connectivity index (χ0) is 18.1. The maximum absolute atomic E-state index is 11.5. The lowest BCUT2D eigenvalue weighted by atomic mass is 10.0. The Balaban J connectivity index is 1.76. The van der Waals surface area contributed by atoms with Crippen molar-refractivity contribution in [3.05, 3.63) is 57.8 Å². The van der Waals surface area contributed by atoms with Gasteiger partial charge >= 0.3 is 0 Å². The van der Waals surface area contributed by atoms with Crippen molar-refractivity contribution >= 4 is 17.2 Å². The molecule has 0 saturated heterocycles. The van der Waals surface area contributed by atoms with E-state index in [1.165, 1.54) is 41.0 Å². The maximum atomic E-state index is 11.5. The molecule has 0 radical (unpaired) electrons. The second kappa shape index (κ2) is 10.4. The van der Waals surface area contributed by atoms with Crippen LogP contribution in [0.1, 0.15) is 67.8 Å². The fourth-order valence-electron chi connectivity index (χ4n) is 3.13. The molecule has 1 N–H and O–H groups in total. The standard InChI is InChI=1S/C22H31NOS/c1-17(2)16-21(23-18(3)24)22-15-14-20(25-22)13-9-5-8-12-19-10-6-4-7-11-19/h4,6-7,10-11,14-15,17,21H,5,8-9,12-13,16H2,1-3H3,(H,23,24). The number of amides is 1. The molecule has 2 aromatic rings. The molecule has 0 aliphatic rings. The molecule has 0 bridgehead atoms. The lowest BCUT2D eigenvalue weighted by molar-refractivity contribution is -0.119. The lowest BCUT2D eigenvalue weighted by Crippen LogP contribution is -2.26. The summed E-state index contributed by atoms with van der Waals surface area (Å²) in [7, 11) is 0. The van der Waals surface area contributed by atoms with E-state index in [4.69, 9.17) is 0 Å². The summed E-state index contributed by atoms with van der Waals surface area (Å²) >= 11 is 1.86. The number of unbranched alkanes of at least 4 members (excludes halogenated alkanes) is 2. The molecule has 2 rings (SSSR count). The van der Waals surface area contributed by atoms with E-state index in [1.54, 1.807) is 6.92 Å². The summed E-state index contributed by atoms with van der Waals surface area (Å²) in [6, 6.07) is 15.3. The molecule has 1 amide bonds. The predicted molar refractivity (Wildman–Crippen MR) is 108 cm³/mol. The van der Waals surface area contributed by atoms with Crippen LogP contribution in [0.5, 0.6) is 0 Å². The SMILES string of the molecule is CC(=O)NC(CC(C)C)c1ccc(CCCCCc2ccccc2)s1. The van der Waals surface area contributed by atoms with Crippen LogP contribution in [0.25, 0.3) is 0 Å². The van der Waals surface area contributed by atoms with Gasteiger partial charge in [0.05, 0.1) is 6.04 Å². The predicted octanol–water partition coefficient (Wildman–Crippen LogP) is 5.93. The van der Waals surface area contributed by atoms with Gasteiger partial charge in [-0.1, -0.05) is 50.6 Å². The Hall–Kier alpha value is -1.61. The highest BCUT2D eigenvalue weighted by atomic mass is 32.1. The molecule has 0 aliphatic heterocycles. The van der Waals surface area contributed by atoms with Crippen molar-refractivity contribution in [1.29, 1.82) is 0 Å². The van der Waals surface area contributed by atoms with Crippen molar-refractivity contribution in [3.8, 4) is 0 Å². The average Bonchev–Trinajstić information content (AvgIpc) is 3.03. The highest BCUT2D eigenvalue weighted by molar-refractivity contribution is 7.12. The van der Waals surface area contributed by atoms with Crippen molar-refractivity contribution in [2.75, 3.05) is 0 Å².